The Morgan fingerprint density at radius 2 is 2.16 bits per heavy atom. The first-order valence-electron chi connectivity index (χ1n) is 6.17. The Bertz CT molecular complexity index is 450. The highest BCUT2D eigenvalue weighted by Gasteiger charge is 2.27. The molecule has 0 spiro atoms. The van der Waals surface area contributed by atoms with Gasteiger partial charge in [-0.05, 0) is 19.1 Å². The van der Waals surface area contributed by atoms with Crippen molar-refractivity contribution in [3.63, 3.8) is 0 Å². The van der Waals surface area contributed by atoms with E-state index in [-0.39, 0.29) is 17.8 Å². The minimum atomic E-state index is -0.133. The summed E-state index contributed by atoms with van der Waals surface area (Å²) in [4.78, 5) is 15.9. The minimum Gasteiger partial charge on any atom is -0.459 e. The van der Waals surface area contributed by atoms with E-state index in [0.29, 0.717) is 31.9 Å². The summed E-state index contributed by atoms with van der Waals surface area (Å²) in [7, 11) is 0. The van der Waals surface area contributed by atoms with Crippen molar-refractivity contribution in [3.05, 3.63) is 24.2 Å². The molecule has 7 nitrogen and oxygen atoms in total. The minimum absolute atomic E-state index is 0.0962. The number of amides is 1. The molecule has 0 aliphatic carbocycles. The smallest absolute Gasteiger partial charge is 0.289 e. The van der Waals surface area contributed by atoms with Gasteiger partial charge in [-0.3, -0.25) is 9.69 Å². The number of amidine groups is 1. The van der Waals surface area contributed by atoms with Gasteiger partial charge in [-0.25, -0.2) is 0 Å². The van der Waals surface area contributed by atoms with Gasteiger partial charge in [0.25, 0.3) is 5.91 Å². The highest BCUT2D eigenvalue weighted by molar-refractivity contribution is 5.91. The molecular weight excluding hydrogens is 248 g/mol. The lowest BCUT2D eigenvalue weighted by Gasteiger charge is -2.37. The molecule has 1 fully saturated rings. The number of hydrogen-bond donors (Lipinski definition) is 2. The molecule has 19 heavy (non-hydrogen) atoms. The number of carbonyl (C=O) groups is 1. The third-order valence-corrected chi connectivity index (χ3v) is 3.42. The van der Waals surface area contributed by atoms with Crippen LogP contribution in [0.15, 0.2) is 28.0 Å². The number of piperazine rings is 1. The van der Waals surface area contributed by atoms with Crippen molar-refractivity contribution in [1.29, 1.82) is 0 Å². The lowest BCUT2D eigenvalue weighted by Crippen LogP contribution is -2.54. The van der Waals surface area contributed by atoms with Gasteiger partial charge in [0.2, 0.25) is 0 Å². The molecule has 1 aromatic rings. The van der Waals surface area contributed by atoms with Crippen LogP contribution in [0, 0.1) is 0 Å². The Hall–Kier alpha value is -2.02. The van der Waals surface area contributed by atoms with Crippen molar-refractivity contribution in [2.45, 2.75) is 13.0 Å². The lowest BCUT2D eigenvalue weighted by atomic mass is 10.2. The fraction of sp³-hybridized carbons (Fsp3) is 0.500. The zero-order valence-electron chi connectivity index (χ0n) is 10.8. The fourth-order valence-electron chi connectivity index (χ4n) is 2.14. The Labute approximate surface area is 111 Å². The quantitative estimate of drug-likeness (QED) is 0.352. The second-order valence-corrected chi connectivity index (χ2v) is 4.51. The third-order valence-electron chi connectivity index (χ3n) is 3.42. The number of furan rings is 1. The summed E-state index contributed by atoms with van der Waals surface area (Å²) >= 11 is 0. The first kappa shape index (κ1) is 13.4. The van der Waals surface area contributed by atoms with E-state index in [1.807, 2.05) is 6.92 Å². The molecule has 1 amide bonds. The second kappa shape index (κ2) is 5.75. The van der Waals surface area contributed by atoms with Gasteiger partial charge in [-0.15, -0.1) is 0 Å². The van der Waals surface area contributed by atoms with E-state index in [2.05, 4.69) is 10.1 Å². The van der Waals surface area contributed by atoms with Crippen molar-refractivity contribution >= 4 is 11.7 Å². The number of oxime groups is 1. The van der Waals surface area contributed by atoms with Crippen LogP contribution < -0.4 is 5.73 Å². The molecule has 1 atom stereocenters. The summed E-state index contributed by atoms with van der Waals surface area (Å²) in [6.07, 6.45) is 1.49. The first-order chi connectivity index (χ1) is 9.13. The van der Waals surface area contributed by atoms with Crippen LogP contribution in [0.5, 0.6) is 0 Å². The fourth-order valence-corrected chi connectivity index (χ4v) is 2.14. The topological polar surface area (TPSA) is 95.3 Å². The van der Waals surface area contributed by atoms with Crippen molar-refractivity contribution in [3.8, 4) is 0 Å². The molecule has 0 aromatic carbocycles. The van der Waals surface area contributed by atoms with E-state index in [1.54, 1.807) is 17.0 Å². The van der Waals surface area contributed by atoms with Crippen molar-refractivity contribution in [2.75, 3.05) is 26.2 Å². The van der Waals surface area contributed by atoms with Crippen LogP contribution in [0.1, 0.15) is 17.5 Å². The summed E-state index contributed by atoms with van der Waals surface area (Å²) in [5.74, 6) is 0.449. The van der Waals surface area contributed by atoms with E-state index in [9.17, 15) is 4.79 Å². The van der Waals surface area contributed by atoms with Crippen LogP contribution in [0.2, 0.25) is 0 Å². The van der Waals surface area contributed by atoms with E-state index in [1.165, 1.54) is 6.26 Å². The maximum atomic E-state index is 12.1. The van der Waals surface area contributed by atoms with E-state index in [0.717, 1.165) is 0 Å². The van der Waals surface area contributed by atoms with Gasteiger partial charge in [-0.2, -0.15) is 0 Å². The maximum Gasteiger partial charge on any atom is 0.289 e. The number of carbonyl (C=O) groups excluding carboxylic acids is 1. The van der Waals surface area contributed by atoms with Gasteiger partial charge >= 0.3 is 0 Å². The van der Waals surface area contributed by atoms with Crippen LogP contribution >= 0.6 is 0 Å². The second-order valence-electron chi connectivity index (χ2n) is 4.51. The Morgan fingerprint density at radius 1 is 1.47 bits per heavy atom. The highest BCUT2D eigenvalue weighted by Crippen LogP contribution is 2.11. The first-order valence-corrected chi connectivity index (χ1v) is 6.17. The van der Waals surface area contributed by atoms with Gasteiger partial charge in [0.05, 0.1) is 12.3 Å². The monoisotopic (exact) mass is 266 g/mol. The van der Waals surface area contributed by atoms with Crippen LogP contribution in [0.3, 0.4) is 0 Å². The normalized spacial score (nSPS) is 19.4. The van der Waals surface area contributed by atoms with Gasteiger partial charge in [0.1, 0.15) is 0 Å². The van der Waals surface area contributed by atoms with Gasteiger partial charge < -0.3 is 20.3 Å². The van der Waals surface area contributed by atoms with Crippen LogP contribution in [0.4, 0.5) is 0 Å². The zero-order chi connectivity index (χ0) is 13.8. The van der Waals surface area contributed by atoms with Crippen LogP contribution in [-0.4, -0.2) is 59.0 Å². The van der Waals surface area contributed by atoms with Crippen LogP contribution in [0.25, 0.3) is 0 Å². The summed E-state index contributed by atoms with van der Waals surface area (Å²) < 4.78 is 5.10. The summed E-state index contributed by atoms with van der Waals surface area (Å²) in [5, 5.41) is 11.7. The summed E-state index contributed by atoms with van der Waals surface area (Å²) in [5.41, 5.74) is 5.58. The molecule has 0 radical (unpaired) electrons. The summed E-state index contributed by atoms with van der Waals surface area (Å²) in [6.45, 7) is 4.44. The standard InChI is InChI=1S/C12H18N4O3/c1-9(11(13)14-18)15-4-6-16(7-5-15)12(17)10-3-2-8-19-10/h2-3,8-9,18H,4-7H2,1H3,(H2,13,14). The molecule has 2 heterocycles. The van der Waals surface area contributed by atoms with Gasteiger partial charge in [0.15, 0.2) is 11.6 Å². The zero-order valence-corrected chi connectivity index (χ0v) is 10.8. The molecule has 104 valence electrons. The molecule has 1 saturated heterocycles. The molecule has 1 aliphatic rings. The average Bonchev–Trinajstić information content (AvgIpc) is 2.99. The molecule has 1 unspecified atom stereocenters. The Morgan fingerprint density at radius 3 is 2.68 bits per heavy atom. The molecule has 2 rings (SSSR count). The molecule has 1 aliphatic heterocycles. The van der Waals surface area contributed by atoms with Gasteiger partial charge in [0, 0.05) is 26.2 Å². The maximum absolute atomic E-state index is 12.1. The number of nitrogens with two attached hydrogens (primary N) is 1. The van der Waals surface area contributed by atoms with E-state index < -0.39 is 0 Å². The number of hydrogen-bond acceptors (Lipinski definition) is 5. The number of rotatable bonds is 3. The lowest BCUT2D eigenvalue weighted by molar-refractivity contribution is 0.0588. The molecule has 0 bridgehead atoms. The molecular formula is C12H18N4O3. The number of nitrogens with zero attached hydrogens (tertiary/aromatic N) is 3. The average molecular weight is 266 g/mol. The third kappa shape index (κ3) is 2.87. The summed E-state index contributed by atoms with van der Waals surface area (Å²) in [6, 6.07) is 3.23. The van der Waals surface area contributed by atoms with Gasteiger partial charge in [-0.1, -0.05) is 5.16 Å². The van der Waals surface area contributed by atoms with Crippen molar-refractivity contribution in [1.82, 2.24) is 9.80 Å². The van der Waals surface area contributed by atoms with E-state index >= 15 is 0 Å². The largest absolute Gasteiger partial charge is 0.459 e. The van der Waals surface area contributed by atoms with Crippen LogP contribution in [-0.2, 0) is 0 Å². The predicted octanol–water partition coefficient (Wildman–Crippen LogP) is 0.172. The Kier molecular flexibility index (Phi) is 4.06. The SMILES string of the molecule is CC(C(N)=NO)N1CCN(C(=O)c2ccco2)CC1. The van der Waals surface area contributed by atoms with Crippen molar-refractivity contribution < 1.29 is 14.4 Å². The Balaban J connectivity index is 1.91. The molecule has 0 saturated carbocycles. The van der Waals surface area contributed by atoms with E-state index in [4.69, 9.17) is 15.4 Å². The molecule has 1 aromatic heterocycles. The molecule has 7 heteroatoms. The molecule has 3 N–H and O–H groups in total. The highest BCUT2D eigenvalue weighted by atomic mass is 16.4. The predicted molar refractivity (Wildman–Crippen MR) is 69.1 cm³/mol. The van der Waals surface area contributed by atoms with Crippen molar-refractivity contribution in [2.24, 2.45) is 10.9 Å².